The molecule has 4 heteroatoms. The van der Waals surface area contributed by atoms with Crippen molar-refractivity contribution >= 4 is 16.8 Å². The predicted octanol–water partition coefficient (Wildman–Crippen LogP) is 3.10. The van der Waals surface area contributed by atoms with Gasteiger partial charge in [-0.1, -0.05) is 42.5 Å². The van der Waals surface area contributed by atoms with E-state index in [1.165, 1.54) is 0 Å². The molecule has 1 aliphatic rings. The molecule has 1 aliphatic heterocycles. The van der Waals surface area contributed by atoms with Gasteiger partial charge in [-0.05, 0) is 18.2 Å². The van der Waals surface area contributed by atoms with Crippen molar-refractivity contribution in [2.45, 2.75) is 6.04 Å². The van der Waals surface area contributed by atoms with Crippen LogP contribution in [0, 0.1) is 0 Å². The molecule has 0 radical (unpaired) electrons. The van der Waals surface area contributed by atoms with Gasteiger partial charge in [-0.2, -0.15) is 0 Å². The maximum absolute atomic E-state index is 12.4. The molecular formula is C18H14N2O2. The summed E-state index contributed by atoms with van der Waals surface area (Å²) in [6, 6.07) is 19.0. The molecule has 1 atom stereocenters. The summed E-state index contributed by atoms with van der Waals surface area (Å²) in [6.45, 7) is 0.457. The fourth-order valence-corrected chi connectivity index (χ4v) is 2.71. The minimum atomic E-state index is -0.184. The Hall–Kier alpha value is -2.88. The summed E-state index contributed by atoms with van der Waals surface area (Å²) in [6.07, 6.45) is 0. The predicted molar refractivity (Wildman–Crippen MR) is 83.9 cm³/mol. The largest absolute Gasteiger partial charge is 0.491 e. The first kappa shape index (κ1) is 12.8. The average Bonchev–Trinajstić information content (AvgIpc) is 2.97. The van der Waals surface area contributed by atoms with E-state index in [1.807, 2.05) is 54.6 Å². The van der Waals surface area contributed by atoms with Crippen molar-refractivity contribution in [3.8, 4) is 5.75 Å². The summed E-state index contributed by atoms with van der Waals surface area (Å²) < 4.78 is 5.58. The van der Waals surface area contributed by atoms with Gasteiger partial charge in [-0.15, -0.1) is 0 Å². The zero-order valence-electron chi connectivity index (χ0n) is 11.8. The normalized spacial score (nSPS) is 16.1. The number of nitrogens with one attached hydrogen (secondary N) is 1. The smallest absolute Gasteiger partial charge is 0.270 e. The summed E-state index contributed by atoms with van der Waals surface area (Å²) >= 11 is 0. The highest BCUT2D eigenvalue weighted by Crippen LogP contribution is 2.31. The lowest BCUT2D eigenvalue weighted by molar-refractivity contribution is 0.0925. The van der Waals surface area contributed by atoms with Crippen molar-refractivity contribution in [2.24, 2.45) is 0 Å². The van der Waals surface area contributed by atoms with Gasteiger partial charge in [0.05, 0.1) is 11.6 Å². The molecule has 1 N–H and O–H groups in total. The van der Waals surface area contributed by atoms with Gasteiger partial charge in [0, 0.05) is 10.9 Å². The number of hydrogen-bond acceptors (Lipinski definition) is 3. The number of benzene rings is 2. The van der Waals surface area contributed by atoms with Gasteiger partial charge in [0.25, 0.3) is 5.91 Å². The minimum Gasteiger partial charge on any atom is -0.491 e. The first-order valence-electron chi connectivity index (χ1n) is 7.20. The van der Waals surface area contributed by atoms with E-state index >= 15 is 0 Å². The topological polar surface area (TPSA) is 51.2 Å². The molecule has 0 fully saturated rings. The number of carbonyl (C=O) groups excluding carboxylic acids is 1. The molecule has 108 valence electrons. The molecule has 22 heavy (non-hydrogen) atoms. The van der Waals surface area contributed by atoms with Crippen LogP contribution in [0.5, 0.6) is 5.75 Å². The highest BCUT2D eigenvalue weighted by atomic mass is 16.5. The standard InChI is InChI=1S/C18H14N2O2/c21-18(15-10-9-12-5-1-3-7-14(12)19-15)20-16-11-22-17-8-4-2-6-13(16)17/h1-10,16H,11H2,(H,20,21)/t16-/m1/s1. The average molecular weight is 290 g/mol. The van der Waals surface area contributed by atoms with Crippen LogP contribution >= 0.6 is 0 Å². The lowest BCUT2D eigenvalue weighted by atomic mass is 10.1. The molecule has 2 aromatic carbocycles. The number of ether oxygens (including phenoxy) is 1. The van der Waals surface area contributed by atoms with Crippen molar-refractivity contribution in [1.82, 2.24) is 10.3 Å². The Bertz CT molecular complexity index is 860. The third-order valence-corrected chi connectivity index (χ3v) is 3.84. The first-order chi connectivity index (χ1) is 10.8. The molecule has 4 rings (SSSR count). The second-order valence-corrected chi connectivity index (χ2v) is 5.26. The summed E-state index contributed by atoms with van der Waals surface area (Å²) in [4.78, 5) is 16.8. The van der Waals surface area contributed by atoms with Gasteiger partial charge in [-0.3, -0.25) is 4.79 Å². The van der Waals surface area contributed by atoms with E-state index < -0.39 is 0 Å². The van der Waals surface area contributed by atoms with Crippen molar-refractivity contribution in [2.75, 3.05) is 6.61 Å². The summed E-state index contributed by atoms with van der Waals surface area (Å²) in [5.41, 5.74) is 2.25. The Morgan fingerprint density at radius 1 is 1.05 bits per heavy atom. The van der Waals surface area contributed by atoms with E-state index in [4.69, 9.17) is 4.74 Å². The molecule has 0 aliphatic carbocycles. The Balaban J connectivity index is 1.59. The molecule has 1 amide bonds. The Kier molecular flexibility index (Phi) is 3.00. The van der Waals surface area contributed by atoms with Crippen molar-refractivity contribution in [3.05, 3.63) is 71.9 Å². The van der Waals surface area contributed by atoms with Gasteiger partial charge in [0.2, 0.25) is 0 Å². The van der Waals surface area contributed by atoms with Crippen LogP contribution in [0.15, 0.2) is 60.7 Å². The summed E-state index contributed by atoms with van der Waals surface area (Å²) in [5.74, 6) is 0.648. The SMILES string of the molecule is O=C(N[C@@H]1COc2ccccc21)c1ccc2ccccc2n1. The minimum absolute atomic E-state index is 0.128. The van der Waals surface area contributed by atoms with Crippen molar-refractivity contribution in [1.29, 1.82) is 0 Å². The van der Waals surface area contributed by atoms with Gasteiger partial charge in [0.1, 0.15) is 18.1 Å². The van der Waals surface area contributed by atoms with E-state index in [0.717, 1.165) is 22.2 Å². The van der Waals surface area contributed by atoms with Gasteiger partial charge < -0.3 is 10.1 Å². The molecule has 1 aromatic heterocycles. The fraction of sp³-hybridized carbons (Fsp3) is 0.111. The van der Waals surface area contributed by atoms with Crippen molar-refractivity contribution < 1.29 is 9.53 Å². The monoisotopic (exact) mass is 290 g/mol. The number of carbonyl (C=O) groups is 1. The Morgan fingerprint density at radius 3 is 2.82 bits per heavy atom. The highest BCUT2D eigenvalue weighted by molar-refractivity contribution is 5.95. The lowest BCUT2D eigenvalue weighted by Crippen LogP contribution is -2.30. The quantitative estimate of drug-likeness (QED) is 0.789. The maximum atomic E-state index is 12.4. The summed E-state index contributed by atoms with van der Waals surface area (Å²) in [5, 5.41) is 4.01. The number of nitrogens with zero attached hydrogens (tertiary/aromatic N) is 1. The van der Waals surface area contributed by atoms with Gasteiger partial charge in [0.15, 0.2) is 0 Å². The van der Waals surface area contributed by atoms with Crippen LogP contribution in [-0.2, 0) is 0 Å². The number of hydrogen-bond donors (Lipinski definition) is 1. The van der Waals surface area contributed by atoms with E-state index in [-0.39, 0.29) is 11.9 Å². The molecular weight excluding hydrogens is 276 g/mol. The van der Waals surface area contributed by atoms with Crippen LogP contribution in [-0.4, -0.2) is 17.5 Å². The Labute approximate surface area is 127 Å². The van der Waals surface area contributed by atoms with Crippen molar-refractivity contribution in [3.63, 3.8) is 0 Å². The molecule has 2 heterocycles. The zero-order chi connectivity index (χ0) is 14.9. The molecule has 3 aromatic rings. The highest BCUT2D eigenvalue weighted by Gasteiger charge is 2.25. The van der Waals surface area contributed by atoms with E-state index in [0.29, 0.717) is 12.3 Å². The van der Waals surface area contributed by atoms with Crippen LogP contribution in [0.1, 0.15) is 22.1 Å². The number of aromatic nitrogens is 1. The van der Waals surface area contributed by atoms with E-state index in [2.05, 4.69) is 10.3 Å². The van der Waals surface area contributed by atoms with Crippen LogP contribution in [0.4, 0.5) is 0 Å². The summed E-state index contributed by atoms with van der Waals surface area (Å²) in [7, 11) is 0. The first-order valence-corrected chi connectivity index (χ1v) is 7.20. The maximum Gasteiger partial charge on any atom is 0.270 e. The number of para-hydroxylation sites is 2. The van der Waals surface area contributed by atoms with Crippen LogP contribution in [0.3, 0.4) is 0 Å². The second kappa shape index (κ2) is 5.15. The molecule has 0 saturated carbocycles. The molecule has 0 unspecified atom stereocenters. The van der Waals surface area contributed by atoms with E-state index in [9.17, 15) is 4.79 Å². The van der Waals surface area contributed by atoms with Crippen LogP contribution < -0.4 is 10.1 Å². The number of rotatable bonds is 2. The number of pyridine rings is 1. The molecule has 0 saturated heterocycles. The third-order valence-electron chi connectivity index (χ3n) is 3.84. The second-order valence-electron chi connectivity index (χ2n) is 5.26. The van der Waals surface area contributed by atoms with Gasteiger partial charge in [-0.25, -0.2) is 4.98 Å². The van der Waals surface area contributed by atoms with Gasteiger partial charge >= 0.3 is 0 Å². The third kappa shape index (κ3) is 2.19. The fourth-order valence-electron chi connectivity index (χ4n) is 2.71. The molecule has 0 spiro atoms. The lowest BCUT2D eigenvalue weighted by Gasteiger charge is -2.11. The van der Waals surface area contributed by atoms with E-state index in [1.54, 1.807) is 6.07 Å². The zero-order valence-corrected chi connectivity index (χ0v) is 11.8. The van der Waals surface area contributed by atoms with Crippen LogP contribution in [0.25, 0.3) is 10.9 Å². The Morgan fingerprint density at radius 2 is 1.86 bits per heavy atom. The van der Waals surface area contributed by atoms with Crippen LogP contribution in [0.2, 0.25) is 0 Å². The number of amides is 1. The molecule has 4 nitrogen and oxygen atoms in total. The molecule has 0 bridgehead atoms. The number of fused-ring (bicyclic) bond motifs is 2.